The van der Waals surface area contributed by atoms with Gasteiger partial charge in [0.25, 0.3) is 0 Å². The highest BCUT2D eigenvalue weighted by atomic mass is 32.2. The van der Waals surface area contributed by atoms with Crippen LogP contribution < -0.4 is 10.5 Å². The Morgan fingerprint density at radius 2 is 2.16 bits per heavy atom. The Morgan fingerprint density at radius 1 is 1.32 bits per heavy atom. The van der Waals surface area contributed by atoms with Crippen LogP contribution in [0.3, 0.4) is 0 Å². The first kappa shape index (κ1) is 21.0. The fraction of sp³-hybridized carbons (Fsp3) is 0.316. The number of ether oxygens (including phenoxy) is 1. The Hall–Kier alpha value is -3.25. The maximum atomic E-state index is 13.8. The molecule has 1 aliphatic heterocycles. The average Bonchev–Trinajstić information content (AvgIpc) is 3.08. The molecule has 12 heteroatoms. The SMILES string of the molecule is CCOc1nc(N)c2nc(-c3cncc(F)c3)n(CC3=NCC(OS(C)=O)C=C3)c2n1. The van der Waals surface area contributed by atoms with Crippen molar-refractivity contribution in [3.63, 3.8) is 0 Å². The average molecular weight is 445 g/mol. The summed E-state index contributed by atoms with van der Waals surface area (Å²) in [5.41, 5.74) is 8.05. The first-order valence-electron chi connectivity index (χ1n) is 9.44. The van der Waals surface area contributed by atoms with E-state index in [-0.39, 0.29) is 24.5 Å². The molecule has 0 bridgehead atoms. The number of rotatable bonds is 7. The van der Waals surface area contributed by atoms with Crippen LogP contribution in [0.2, 0.25) is 0 Å². The van der Waals surface area contributed by atoms with Crippen molar-refractivity contribution in [1.82, 2.24) is 24.5 Å². The van der Waals surface area contributed by atoms with Gasteiger partial charge in [0.15, 0.2) is 28.1 Å². The molecule has 0 saturated heterocycles. The van der Waals surface area contributed by atoms with Crippen molar-refractivity contribution < 1.29 is 17.5 Å². The number of aliphatic imine (C=N–C) groups is 1. The molecule has 0 amide bonds. The quantitative estimate of drug-likeness (QED) is 0.581. The number of allylic oxidation sites excluding steroid dienone is 1. The molecule has 0 fully saturated rings. The minimum Gasteiger partial charge on any atom is -0.464 e. The lowest BCUT2D eigenvalue weighted by Gasteiger charge is -2.16. The van der Waals surface area contributed by atoms with Gasteiger partial charge in [0.1, 0.15) is 17.7 Å². The molecule has 0 aromatic carbocycles. The van der Waals surface area contributed by atoms with E-state index in [2.05, 4.69) is 24.9 Å². The van der Waals surface area contributed by atoms with Crippen molar-refractivity contribution in [3.8, 4) is 17.4 Å². The van der Waals surface area contributed by atoms with Crippen LogP contribution in [0, 0.1) is 5.82 Å². The number of fused-ring (bicyclic) bond motifs is 1. The summed E-state index contributed by atoms with van der Waals surface area (Å²) in [4.78, 5) is 21.5. The largest absolute Gasteiger partial charge is 0.464 e. The fourth-order valence-corrected chi connectivity index (χ4v) is 3.61. The van der Waals surface area contributed by atoms with Crippen LogP contribution in [0.15, 0.2) is 35.6 Å². The lowest BCUT2D eigenvalue weighted by molar-refractivity contribution is 0.286. The Kier molecular flexibility index (Phi) is 6.00. The topological polar surface area (TPSA) is 130 Å². The minimum atomic E-state index is -1.39. The number of nitrogens with zero attached hydrogens (tertiary/aromatic N) is 6. The first-order chi connectivity index (χ1) is 14.9. The molecule has 0 spiro atoms. The molecule has 0 radical (unpaired) electrons. The summed E-state index contributed by atoms with van der Waals surface area (Å²) in [6, 6.07) is 1.45. The maximum absolute atomic E-state index is 13.8. The number of pyridine rings is 1. The Morgan fingerprint density at radius 3 is 2.84 bits per heavy atom. The van der Waals surface area contributed by atoms with Gasteiger partial charge >= 0.3 is 6.01 Å². The number of dihydropyridines is 1. The van der Waals surface area contributed by atoms with Crippen molar-refractivity contribution in [3.05, 3.63) is 36.4 Å². The van der Waals surface area contributed by atoms with Crippen LogP contribution >= 0.6 is 0 Å². The number of hydrogen-bond donors (Lipinski definition) is 1. The predicted octanol–water partition coefficient (Wildman–Crippen LogP) is 1.70. The van der Waals surface area contributed by atoms with Crippen molar-refractivity contribution in [1.29, 1.82) is 0 Å². The molecule has 3 aromatic heterocycles. The zero-order valence-electron chi connectivity index (χ0n) is 16.9. The number of anilines is 1. The van der Waals surface area contributed by atoms with Crippen molar-refractivity contribution in [2.45, 2.75) is 19.6 Å². The van der Waals surface area contributed by atoms with E-state index in [1.165, 1.54) is 18.5 Å². The van der Waals surface area contributed by atoms with Crippen LogP contribution in [0.1, 0.15) is 6.92 Å². The molecule has 162 valence electrons. The third kappa shape index (κ3) is 4.59. The third-order valence-corrected chi connectivity index (χ3v) is 4.91. The fourth-order valence-electron chi connectivity index (χ4n) is 3.14. The van der Waals surface area contributed by atoms with Crippen LogP contribution in [0.5, 0.6) is 6.01 Å². The molecule has 4 rings (SSSR count). The number of hydrogen-bond acceptors (Lipinski definition) is 9. The summed E-state index contributed by atoms with van der Waals surface area (Å²) in [6.07, 6.45) is 7.31. The lowest BCUT2D eigenvalue weighted by atomic mass is 10.2. The Balaban J connectivity index is 1.78. The summed E-state index contributed by atoms with van der Waals surface area (Å²) >= 11 is -1.39. The summed E-state index contributed by atoms with van der Waals surface area (Å²) in [5.74, 6) is 0.0752. The second kappa shape index (κ2) is 8.86. The van der Waals surface area contributed by atoms with Crippen molar-refractivity contribution in [2.24, 2.45) is 4.99 Å². The highest BCUT2D eigenvalue weighted by Gasteiger charge is 2.21. The smallest absolute Gasteiger partial charge is 0.320 e. The highest BCUT2D eigenvalue weighted by molar-refractivity contribution is 7.79. The molecule has 10 nitrogen and oxygen atoms in total. The van der Waals surface area contributed by atoms with E-state index in [9.17, 15) is 8.60 Å². The normalized spacial score (nSPS) is 17.0. The molecule has 31 heavy (non-hydrogen) atoms. The molecule has 0 aliphatic carbocycles. The van der Waals surface area contributed by atoms with E-state index < -0.39 is 16.9 Å². The lowest BCUT2D eigenvalue weighted by Crippen LogP contribution is -2.22. The molecule has 4 heterocycles. The zero-order valence-corrected chi connectivity index (χ0v) is 17.7. The van der Waals surface area contributed by atoms with E-state index in [1.54, 1.807) is 16.7 Å². The minimum absolute atomic E-state index is 0.123. The summed E-state index contributed by atoms with van der Waals surface area (Å²) in [6.45, 7) is 2.79. The highest BCUT2D eigenvalue weighted by Crippen LogP contribution is 2.28. The molecule has 2 N–H and O–H groups in total. The molecular formula is C19H20FN7O3S. The van der Waals surface area contributed by atoms with E-state index in [0.717, 1.165) is 6.20 Å². The van der Waals surface area contributed by atoms with Gasteiger partial charge in [-0.05, 0) is 19.1 Å². The number of nitrogens with two attached hydrogens (primary N) is 1. The number of nitrogen functional groups attached to an aromatic ring is 1. The van der Waals surface area contributed by atoms with Crippen molar-refractivity contribution >= 4 is 33.8 Å². The monoisotopic (exact) mass is 445 g/mol. The van der Waals surface area contributed by atoms with E-state index in [1.807, 2.05) is 6.92 Å². The summed E-state index contributed by atoms with van der Waals surface area (Å²) in [5, 5.41) is 0. The Labute approximate surface area is 179 Å². The van der Waals surface area contributed by atoms with E-state index >= 15 is 0 Å². The first-order valence-corrected chi connectivity index (χ1v) is 10.9. The maximum Gasteiger partial charge on any atom is 0.320 e. The number of halogens is 1. The van der Waals surface area contributed by atoms with Crippen molar-refractivity contribution in [2.75, 3.05) is 25.1 Å². The zero-order chi connectivity index (χ0) is 22.0. The second-order valence-electron chi connectivity index (χ2n) is 6.64. The van der Waals surface area contributed by atoms with Crippen LogP contribution in [0.4, 0.5) is 10.2 Å². The summed E-state index contributed by atoms with van der Waals surface area (Å²) in [7, 11) is 0. The molecular weight excluding hydrogens is 425 g/mol. The van der Waals surface area contributed by atoms with E-state index in [0.29, 0.717) is 41.4 Å². The van der Waals surface area contributed by atoms with Crippen LogP contribution in [-0.2, 0) is 21.8 Å². The molecule has 2 atom stereocenters. The van der Waals surface area contributed by atoms with Crippen LogP contribution in [-0.4, -0.2) is 59.9 Å². The standard InChI is InChI=1S/C19H20FN7O3S/c1-3-29-19-25-16(21)15-18(26-19)27(17(24-15)11-6-12(20)8-22-7-11)10-13-4-5-14(9-23-13)30-31(2)28/h4-8,14H,3,9-10H2,1-2H3,(H2,21,25,26). The summed E-state index contributed by atoms with van der Waals surface area (Å²) < 4.78 is 37.5. The second-order valence-corrected chi connectivity index (χ2v) is 7.63. The molecule has 3 aromatic rings. The molecule has 0 saturated carbocycles. The van der Waals surface area contributed by atoms with Gasteiger partial charge in [-0.15, -0.1) is 0 Å². The predicted molar refractivity (Wildman–Crippen MR) is 114 cm³/mol. The van der Waals surface area contributed by atoms with Gasteiger partial charge in [-0.3, -0.25) is 14.2 Å². The van der Waals surface area contributed by atoms with Gasteiger partial charge in [0.05, 0.1) is 31.6 Å². The number of imidazole rings is 1. The van der Waals surface area contributed by atoms with Gasteiger partial charge < -0.3 is 15.0 Å². The van der Waals surface area contributed by atoms with Crippen LogP contribution in [0.25, 0.3) is 22.6 Å². The van der Waals surface area contributed by atoms with Gasteiger partial charge in [-0.2, -0.15) is 9.97 Å². The molecule has 1 aliphatic rings. The third-order valence-electron chi connectivity index (χ3n) is 4.39. The Bertz CT molecular complexity index is 1210. The van der Waals surface area contributed by atoms with Gasteiger partial charge in [-0.1, -0.05) is 6.08 Å². The number of aromatic nitrogens is 5. The van der Waals surface area contributed by atoms with Gasteiger partial charge in [0.2, 0.25) is 0 Å². The molecule has 2 unspecified atom stereocenters. The van der Waals surface area contributed by atoms with Gasteiger partial charge in [-0.25, -0.2) is 13.6 Å². The van der Waals surface area contributed by atoms with E-state index in [4.69, 9.17) is 14.7 Å². The van der Waals surface area contributed by atoms with Gasteiger partial charge in [0, 0.05) is 18.0 Å².